The SMILES string of the molecule is O=C(O)/C=C\C(=O)O.O=c1[nH]oc2c1CCNC2. The maximum absolute atomic E-state index is 10.9. The van der Waals surface area contributed by atoms with Crippen LogP contribution in [0.5, 0.6) is 0 Å². The van der Waals surface area contributed by atoms with Gasteiger partial charge in [-0.25, -0.2) is 9.59 Å². The topological polar surface area (TPSA) is 133 Å². The second-order valence-corrected chi connectivity index (χ2v) is 3.37. The molecule has 98 valence electrons. The van der Waals surface area contributed by atoms with Gasteiger partial charge in [0.25, 0.3) is 5.56 Å². The third-order valence-corrected chi connectivity index (χ3v) is 2.08. The summed E-state index contributed by atoms with van der Waals surface area (Å²) in [5.41, 5.74) is 0.732. The van der Waals surface area contributed by atoms with E-state index in [-0.39, 0.29) is 5.56 Å². The quantitative estimate of drug-likeness (QED) is 0.515. The smallest absolute Gasteiger partial charge is 0.328 e. The van der Waals surface area contributed by atoms with Crippen molar-refractivity contribution < 1.29 is 24.3 Å². The molecular formula is C10H12N2O6. The van der Waals surface area contributed by atoms with E-state index in [1.807, 2.05) is 0 Å². The molecule has 0 aliphatic carbocycles. The maximum Gasteiger partial charge on any atom is 0.328 e. The Hall–Kier alpha value is -2.35. The average molecular weight is 256 g/mol. The summed E-state index contributed by atoms with van der Waals surface area (Å²) >= 11 is 0. The zero-order chi connectivity index (χ0) is 13.5. The summed E-state index contributed by atoms with van der Waals surface area (Å²) in [4.78, 5) is 30.0. The van der Waals surface area contributed by atoms with Crippen LogP contribution < -0.4 is 10.9 Å². The van der Waals surface area contributed by atoms with Crippen LogP contribution in [0.4, 0.5) is 0 Å². The first kappa shape index (κ1) is 13.7. The number of aromatic nitrogens is 1. The predicted octanol–water partition coefficient (Wildman–Crippen LogP) is -0.675. The van der Waals surface area contributed by atoms with E-state index in [9.17, 15) is 14.4 Å². The van der Waals surface area contributed by atoms with Gasteiger partial charge in [-0.3, -0.25) is 4.79 Å². The van der Waals surface area contributed by atoms with Crippen molar-refractivity contribution in [2.75, 3.05) is 6.54 Å². The Morgan fingerprint density at radius 1 is 1.22 bits per heavy atom. The van der Waals surface area contributed by atoms with Gasteiger partial charge in [0.15, 0.2) is 5.76 Å². The minimum absolute atomic E-state index is 0.0727. The number of carboxylic acids is 2. The molecule has 1 aliphatic heterocycles. The molecule has 2 rings (SSSR count). The summed E-state index contributed by atoms with van der Waals surface area (Å²) in [5.74, 6) is -1.75. The number of fused-ring (bicyclic) bond motifs is 1. The van der Waals surface area contributed by atoms with Crippen molar-refractivity contribution in [1.82, 2.24) is 10.5 Å². The van der Waals surface area contributed by atoms with Gasteiger partial charge in [0, 0.05) is 12.2 Å². The maximum atomic E-state index is 10.9. The molecule has 0 radical (unpaired) electrons. The fourth-order valence-electron chi connectivity index (χ4n) is 1.31. The van der Waals surface area contributed by atoms with Gasteiger partial charge >= 0.3 is 11.9 Å². The van der Waals surface area contributed by atoms with Gasteiger partial charge in [0.05, 0.1) is 12.1 Å². The fourth-order valence-corrected chi connectivity index (χ4v) is 1.31. The van der Waals surface area contributed by atoms with Crippen LogP contribution in [0.2, 0.25) is 0 Å². The summed E-state index contributed by atoms with van der Waals surface area (Å²) in [6.45, 7) is 1.55. The molecule has 0 saturated heterocycles. The number of hydrogen-bond acceptors (Lipinski definition) is 5. The second-order valence-electron chi connectivity index (χ2n) is 3.37. The summed E-state index contributed by atoms with van der Waals surface area (Å²) in [5, 5.41) is 21.0. The Balaban J connectivity index is 0.000000187. The van der Waals surface area contributed by atoms with E-state index in [0.29, 0.717) is 18.7 Å². The number of rotatable bonds is 2. The lowest BCUT2D eigenvalue weighted by Crippen LogP contribution is -2.25. The fraction of sp³-hybridized carbons (Fsp3) is 0.300. The van der Waals surface area contributed by atoms with Crippen LogP contribution in [0, 0.1) is 0 Å². The van der Waals surface area contributed by atoms with Gasteiger partial charge in [-0.05, 0) is 13.0 Å². The monoisotopic (exact) mass is 256 g/mol. The largest absolute Gasteiger partial charge is 0.478 e. The van der Waals surface area contributed by atoms with Crippen molar-refractivity contribution in [3.63, 3.8) is 0 Å². The molecule has 0 atom stereocenters. The van der Waals surface area contributed by atoms with E-state index in [0.717, 1.165) is 24.3 Å². The highest BCUT2D eigenvalue weighted by Crippen LogP contribution is 2.06. The molecule has 2 heterocycles. The van der Waals surface area contributed by atoms with Crippen LogP contribution in [0.15, 0.2) is 21.5 Å². The Bertz CT molecular complexity index is 497. The molecule has 8 nitrogen and oxygen atoms in total. The number of carbonyl (C=O) groups is 2. The van der Waals surface area contributed by atoms with Gasteiger partial charge in [0.2, 0.25) is 0 Å². The van der Waals surface area contributed by atoms with E-state index in [1.54, 1.807) is 0 Å². The van der Waals surface area contributed by atoms with Gasteiger partial charge in [-0.2, -0.15) is 5.16 Å². The lowest BCUT2D eigenvalue weighted by Gasteiger charge is -2.07. The molecule has 0 bridgehead atoms. The van der Waals surface area contributed by atoms with E-state index in [4.69, 9.17) is 14.7 Å². The van der Waals surface area contributed by atoms with E-state index >= 15 is 0 Å². The molecule has 0 unspecified atom stereocenters. The van der Waals surface area contributed by atoms with Crippen molar-refractivity contribution in [3.8, 4) is 0 Å². The molecule has 1 aromatic heterocycles. The van der Waals surface area contributed by atoms with Gasteiger partial charge in [0.1, 0.15) is 0 Å². The Kier molecular flexibility index (Phi) is 4.88. The molecule has 0 aromatic carbocycles. The first-order chi connectivity index (χ1) is 8.50. The lowest BCUT2D eigenvalue weighted by atomic mass is 10.1. The third-order valence-electron chi connectivity index (χ3n) is 2.08. The first-order valence-electron chi connectivity index (χ1n) is 5.04. The van der Waals surface area contributed by atoms with Crippen LogP contribution in [0.1, 0.15) is 11.3 Å². The van der Waals surface area contributed by atoms with Crippen molar-refractivity contribution in [2.24, 2.45) is 0 Å². The Labute approximate surface area is 101 Å². The van der Waals surface area contributed by atoms with E-state index in [1.165, 1.54) is 0 Å². The average Bonchev–Trinajstić information content (AvgIpc) is 2.70. The van der Waals surface area contributed by atoms with Crippen molar-refractivity contribution in [2.45, 2.75) is 13.0 Å². The van der Waals surface area contributed by atoms with Crippen molar-refractivity contribution in [1.29, 1.82) is 0 Å². The highest BCUT2D eigenvalue weighted by atomic mass is 16.5. The molecule has 0 amide bonds. The minimum Gasteiger partial charge on any atom is -0.478 e. The number of aliphatic carboxylic acids is 2. The zero-order valence-electron chi connectivity index (χ0n) is 9.30. The number of carboxylic acid groups (broad SMARTS) is 2. The minimum atomic E-state index is -1.26. The summed E-state index contributed by atoms with van der Waals surface area (Å²) in [6, 6.07) is 0. The normalized spacial score (nSPS) is 13.6. The van der Waals surface area contributed by atoms with Crippen molar-refractivity contribution in [3.05, 3.63) is 33.8 Å². The predicted molar refractivity (Wildman–Crippen MR) is 59.2 cm³/mol. The van der Waals surface area contributed by atoms with Crippen LogP contribution >= 0.6 is 0 Å². The standard InChI is InChI=1S/C6H8N2O2.C4H4O4/c9-6-4-1-2-7-3-5(4)10-8-6;5-3(6)1-2-4(7)8/h7H,1-3H2,(H,8,9);1-2H,(H,5,6)(H,7,8)/b;2-1-. The number of aromatic amines is 1. The van der Waals surface area contributed by atoms with Gasteiger partial charge < -0.3 is 20.1 Å². The highest BCUT2D eigenvalue weighted by Gasteiger charge is 2.15. The molecule has 18 heavy (non-hydrogen) atoms. The second kappa shape index (κ2) is 6.40. The van der Waals surface area contributed by atoms with Crippen LogP contribution in [-0.4, -0.2) is 33.9 Å². The molecule has 0 saturated carbocycles. The molecule has 4 N–H and O–H groups in total. The highest BCUT2D eigenvalue weighted by molar-refractivity contribution is 5.89. The molecule has 0 fully saturated rings. The van der Waals surface area contributed by atoms with Gasteiger partial charge in [-0.15, -0.1) is 0 Å². The zero-order valence-corrected chi connectivity index (χ0v) is 9.30. The van der Waals surface area contributed by atoms with E-state index < -0.39 is 11.9 Å². The molecule has 0 spiro atoms. The Morgan fingerprint density at radius 3 is 2.33 bits per heavy atom. The lowest BCUT2D eigenvalue weighted by molar-refractivity contribution is -0.134. The first-order valence-corrected chi connectivity index (χ1v) is 5.04. The Morgan fingerprint density at radius 2 is 1.83 bits per heavy atom. The van der Waals surface area contributed by atoms with Crippen LogP contribution in [0.3, 0.4) is 0 Å². The summed E-state index contributed by atoms with van der Waals surface area (Å²) < 4.78 is 4.89. The number of nitrogens with one attached hydrogen (secondary N) is 2. The number of H-pyrrole nitrogens is 1. The molecule has 1 aromatic rings. The molecule has 8 heteroatoms. The van der Waals surface area contributed by atoms with E-state index in [2.05, 4.69) is 10.5 Å². The summed E-state index contributed by atoms with van der Waals surface area (Å²) in [7, 11) is 0. The van der Waals surface area contributed by atoms with Gasteiger partial charge in [-0.1, -0.05) is 0 Å². The molecule has 1 aliphatic rings. The van der Waals surface area contributed by atoms with Crippen molar-refractivity contribution >= 4 is 11.9 Å². The van der Waals surface area contributed by atoms with Crippen LogP contribution in [0.25, 0.3) is 0 Å². The summed E-state index contributed by atoms with van der Waals surface area (Å²) in [6.07, 6.45) is 1.89. The number of hydrogen-bond donors (Lipinski definition) is 4. The third kappa shape index (κ3) is 4.26. The van der Waals surface area contributed by atoms with Crippen LogP contribution in [-0.2, 0) is 22.6 Å². The molecular weight excluding hydrogens is 244 g/mol.